The lowest BCUT2D eigenvalue weighted by Crippen LogP contribution is -2.58. The molecular formula is C19H14F3N3O3. The smallest absolute Gasteiger partial charge is 0.276 e. The highest BCUT2D eigenvalue weighted by atomic mass is 19.4. The van der Waals surface area contributed by atoms with Gasteiger partial charge in [-0.2, -0.15) is 13.2 Å². The molecule has 0 spiro atoms. The Labute approximate surface area is 157 Å². The fourth-order valence-electron chi connectivity index (χ4n) is 2.66. The number of hydrogen-bond donors (Lipinski definition) is 1. The first-order valence-electron chi connectivity index (χ1n) is 8.14. The van der Waals surface area contributed by atoms with E-state index in [0.29, 0.717) is 16.7 Å². The Bertz CT molecular complexity index is 986. The summed E-state index contributed by atoms with van der Waals surface area (Å²) in [4.78, 5) is 41.4. The van der Waals surface area contributed by atoms with Gasteiger partial charge in [0, 0.05) is 6.21 Å². The number of anilines is 1. The minimum Gasteiger partial charge on any atom is -0.276 e. The maximum atomic E-state index is 12.9. The molecule has 9 heteroatoms. The van der Waals surface area contributed by atoms with Crippen LogP contribution in [-0.2, 0) is 15.8 Å². The molecule has 1 fully saturated rings. The van der Waals surface area contributed by atoms with Crippen molar-refractivity contribution in [1.82, 2.24) is 5.32 Å². The summed E-state index contributed by atoms with van der Waals surface area (Å²) in [6, 6.07) is 9.58. The second kappa shape index (κ2) is 7.26. The summed E-state index contributed by atoms with van der Waals surface area (Å²) in [6.45, 7) is 1.84. The summed E-state index contributed by atoms with van der Waals surface area (Å²) >= 11 is 0. The summed E-state index contributed by atoms with van der Waals surface area (Å²) in [5.74, 6) is -3.33. The van der Waals surface area contributed by atoms with E-state index in [1.807, 2.05) is 18.3 Å². The van der Waals surface area contributed by atoms with Gasteiger partial charge in [0.15, 0.2) is 5.92 Å². The minimum atomic E-state index is -4.65. The van der Waals surface area contributed by atoms with Gasteiger partial charge in [0.05, 0.1) is 16.9 Å². The van der Waals surface area contributed by atoms with Gasteiger partial charge in [-0.25, -0.2) is 9.69 Å². The van der Waals surface area contributed by atoms with E-state index < -0.39 is 35.5 Å². The molecule has 1 aliphatic rings. The number of halogens is 3. The molecule has 2 aromatic rings. The van der Waals surface area contributed by atoms with Crippen molar-refractivity contribution in [3.8, 4) is 0 Å². The molecule has 3 rings (SSSR count). The van der Waals surface area contributed by atoms with Gasteiger partial charge in [0.2, 0.25) is 5.91 Å². The van der Waals surface area contributed by atoms with Gasteiger partial charge in [-0.1, -0.05) is 18.2 Å². The SMILES string of the molecule is Cc1cccc(N=C[C@H]2C(=O)NC(=O)N(c3cccc(C(F)(F)F)c3)C2=O)c1. The van der Waals surface area contributed by atoms with Crippen LogP contribution in [-0.4, -0.2) is 24.1 Å². The topological polar surface area (TPSA) is 78.8 Å². The normalized spacial score (nSPS) is 17.9. The first kappa shape index (κ1) is 19.3. The summed E-state index contributed by atoms with van der Waals surface area (Å²) < 4.78 is 38.8. The number of imide groups is 2. The molecule has 1 atom stereocenters. The molecule has 0 aromatic heterocycles. The van der Waals surface area contributed by atoms with E-state index >= 15 is 0 Å². The number of hydrogen-bond acceptors (Lipinski definition) is 4. The van der Waals surface area contributed by atoms with Crippen molar-refractivity contribution in [1.29, 1.82) is 0 Å². The van der Waals surface area contributed by atoms with Gasteiger partial charge >= 0.3 is 12.2 Å². The van der Waals surface area contributed by atoms with Crippen molar-refractivity contribution in [3.05, 3.63) is 59.7 Å². The number of aliphatic imine (C=N–C) groups is 1. The number of nitrogens with zero attached hydrogens (tertiary/aromatic N) is 2. The molecule has 1 heterocycles. The van der Waals surface area contributed by atoms with Crippen LogP contribution < -0.4 is 10.2 Å². The number of alkyl halides is 3. The Morgan fingerprint density at radius 2 is 1.79 bits per heavy atom. The number of aryl methyl sites for hydroxylation is 1. The first-order chi connectivity index (χ1) is 13.2. The summed E-state index contributed by atoms with van der Waals surface area (Å²) in [5, 5.41) is 1.97. The van der Waals surface area contributed by atoms with Crippen LogP contribution in [0, 0.1) is 12.8 Å². The number of barbiturate groups is 1. The van der Waals surface area contributed by atoms with E-state index in [2.05, 4.69) is 4.99 Å². The lowest BCUT2D eigenvalue weighted by molar-refractivity contribution is -0.138. The van der Waals surface area contributed by atoms with E-state index in [0.717, 1.165) is 23.9 Å². The first-order valence-corrected chi connectivity index (χ1v) is 8.14. The molecule has 0 saturated carbocycles. The van der Waals surface area contributed by atoms with Crippen LogP contribution in [0.5, 0.6) is 0 Å². The molecule has 28 heavy (non-hydrogen) atoms. The van der Waals surface area contributed by atoms with Gasteiger partial charge in [0.25, 0.3) is 5.91 Å². The van der Waals surface area contributed by atoms with Gasteiger partial charge in [-0.15, -0.1) is 0 Å². The van der Waals surface area contributed by atoms with Crippen LogP contribution in [0.1, 0.15) is 11.1 Å². The zero-order valence-corrected chi connectivity index (χ0v) is 14.5. The summed E-state index contributed by atoms with van der Waals surface area (Å²) in [7, 11) is 0. The van der Waals surface area contributed by atoms with Crippen molar-refractivity contribution in [2.24, 2.45) is 10.9 Å². The fourth-order valence-corrected chi connectivity index (χ4v) is 2.66. The van der Waals surface area contributed by atoms with E-state index in [-0.39, 0.29) is 5.69 Å². The average Bonchev–Trinajstić information content (AvgIpc) is 2.61. The average molecular weight is 389 g/mol. The van der Waals surface area contributed by atoms with Gasteiger partial charge < -0.3 is 0 Å². The molecule has 0 unspecified atom stereocenters. The fraction of sp³-hybridized carbons (Fsp3) is 0.158. The Kier molecular flexibility index (Phi) is 5.00. The van der Waals surface area contributed by atoms with Crippen molar-refractivity contribution >= 4 is 35.4 Å². The number of carbonyl (C=O) groups excluding carboxylic acids is 3. The van der Waals surface area contributed by atoms with Crippen molar-refractivity contribution in [3.63, 3.8) is 0 Å². The molecule has 1 N–H and O–H groups in total. The lowest BCUT2D eigenvalue weighted by Gasteiger charge is -2.28. The zero-order valence-electron chi connectivity index (χ0n) is 14.5. The van der Waals surface area contributed by atoms with E-state index in [4.69, 9.17) is 0 Å². The van der Waals surface area contributed by atoms with Gasteiger partial charge in [0.1, 0.15) is 0 Å². The molecule has 1 saturated heterocycles. The molecule has 1 aliphatic heterocycles. The molecule has 0 bridgehead atoms. The number of rotatable bonds is 3. The number of nitrogens with one attached hydrogen (secondary N) is 1. The van der Waals surface area contributed by atoms with E-state index in [1.165, 1.54) is 6.07 Å². The number of urea groups is 1. The second-order valence-corrected chi connectivity index (χ2v) is 6.11. The molecule has 0 radical (unpaired) electrons. The molecular weight excluding hydrogens is 375 g/mol. The van der Waals surface area contributed by atoms with Crippen LogP contribution in [0.2, 0.25) is 0 Å². The Hall–Kier alpha value is -3.49. The van der Waals surface area contributed by atoms with Crippen LogP contribution in [0.25, 0.3) is 0 Å². The van der Waals surface area contributed by atoms with Gasteiger partial charge in [-0.05, 0) is 42.8 Å². The third kappa shape index (κ3) is 3.93. The molecule has 144 valence electrons. The Morgan fingerprint density at radius 3 is 2.46 bits per heavy atom. The van der Waals surface area contributed by atoms with Crippen LogP contribution in [0.3, 0.4) is 0 Å². The predicted molar refractivity (Wildman–Crippen MR) is 95.3 cm³/mol. The summed E-state index contributed by atoms with van der Waals surface area (Å²) in [5.41, 5.74) is 0.0872. The predicted octanol–water partition coefficient (Wildman–Crippen LogP) is 3.62. The number of amides is 4. The molecule has 6 nitrogen and oxygen atoms in total. The summed E-state index contributed by atoms with van der Waals surface area (Å²) in [6.07, 6.45) is -3.58. The Morgan fingerprint density at radius 1 is 1.07 bits per heavy atom. The highest BCUT2D eigenvalue weighted by Gasteiger charge is 2.41. The maximum absolute atomic E-state index is 12.9. The monoisotopic (exact) mass is 389 g/mol. The maximum Gasteiger partial charge on any atom is 0.416 e. The van der Waals surface area contributed by atoms with Crippen LogP contribution in [0.4, 0.5) is 29.3 Å². The van der Waals surface area contributed by atoms with Crippen LogP contribution >= 0.6 is 0 Å². The molecule has 2 aromatic carbocycles. The minimum absolute atomic E-state index is 0.293. The Balaban J connectivity index is 1.92. The largest absolute Gasteiger partial charge is 0.416 e. The molecule has 4 amide bonds. The third-order valence-corrected chi connectivity index (χ3v) is 4.01. The third-order valence-electron chi connectivity index (χ3n) is 4.01. The van der Waals surface area contributed by atoms with Crippen molar-refractivity contribution in [2.45, 2.75) is 13.1 Å². The van der Waals surface area contributed by atoms with Crippen molar-refractivity contribution in [2.75, 3.05) is 4.90 Å². The molecule has 0 aliphatic carbocycles. The number of benzene rings is 2. The zero-order chi connectivity index (χ0) is 20.5. The second-order valence-electron chi connectivity index (χ2n) is 6.11. The standard InChI is InChI=1S/C19H14F3N3O3/c1-11-4-2-6-13(8-11)23-10-15-16(26)24-18(28)25(17(15)27)14-7-3-5-12(9-14)19(20,21)22/h2-10,15H,1H3,(H,24,26,28)/t15-/m0/s1. The number of carbonyl (C=O) groups is 3. The highest BCUT2D eigenvalue weighted by molar-refractivity contribution is 6.32. The van der Waals surface area contributed by atoms with E-state index in [9.17, 15) is 27.6 Å². The van der Waals surface area contributed by atoms with E-state index in [1.54, 1.807) is 18.2 Å². The quantitative estimate of drug-likeness (QED) is 0.643. The van der Waals surface area contributed by atoms with Crippen molar-refractivity contribution < 1.29 is 27.6 Å². The van der Waals surface area contributed by atoms with Gasteiger partial charge in [-0.3, -0.25) is 19.9 Å². The highest BCUT2D eigenvalue weighted by Crippen LogP contribution is 2.32. The lowest BCUT2D eigenvalue weighted by atomic mass is 10.0. The van der Waals surface area contributed by atoms with Crippen LogP contribution in [0.15, 0.2) is 53.5 Å².